The van der Waals surface area contributed by atoms with Crippen LogP contribution in [0.3, 0.4) is 0 Å². The van der Waals surface area contributed by atoms with Crippen LogP contribution in [-0.2, 0) is 4.84 Å². The third-order valence-electron chi connectivity index (χ3n) is 2.46. The van der Waals surface area contributed by atoms with Gasteiger partial charge in [0.2, 0.25) is 0 Å². The predicted molar refractivity (Wildman–Crippen MR) is 83.2 cm³/mol. The minimum absolute atomic E-state index is 0.00729. The summed E-state index contributed by atoms with van der Waals surface area (Å²) in [5, 5.41) is 20.3. The molecule has 0 unspecified atom stereocenters. The maximum Gasteiger partial charge on any atom is 0.387 e. The van der Waals surface area contributed by atoms with E-state index in [-0.39, 0.29) is 17.2 Å². The van der Waals surface area contributed by atoms with Crippen molar-refractivity contribution < 1.29 is 14.6 Å². The Kier molecular flexibility index (Phi) is 4.88. The molecule has 0 radical (unpaired) electrons. The van der Waals surface area contributed by atoms with Gasteiger partial charge in [-0.05, 0) is 44.0 Å². The van der Waals surface area contributed by atoms with E-state index in [0.29, 0.717) is 14.6 Å². The fourth-order valence-electron chi connectivity index (χ4n) is 1.38. The quantitative estimate of drug-likeness (QED) is 0.250. The molecule has 0 saturated carbocycles. The lowest BCUT2D eigenvalue weighted by atomic mass is 10.2. The van der Waals surface area contributed by atoms with Crippen molar-refractivity contribution in [1.29, 1.82) is 0 Å². The van der Waals surface area contributed by atoms with E-state index < -0.39 is 10.9 Å². The lowest BCUT2D eigenvalue weighted by molar-refractivity contribution is -0.384. The highest BCUT2D eigenvalue weighted by atomic mass is 79.9. The smallest absolute Gasteiger partial charge is 0.380 e. The molecule has 1 heterocycles. The third-order valence-corrected chi connectivity index (χ3v) is 4.34. The van der Waals surface area contributed by atoms with Crippen molar-refractivity contribution in [2.24, 2.45) is 10.9 Å². The van der Waals surface area contributed by atoms with Crippen LogP contribution in [0, 0.1) is 10.1 Å². The van der Waals surface area contributed by atoms with Crippen molar-refractivity contribution in [1.82, 2.24) is 10.2 Å². The molecule has 114 valence electrons. The molecule has 1 aromatic carbocycles. The van der Waals surface area contributed by atoms with Crippen LogP contribution in [0.1, 0.15) is 16.1 Å². The summed E-state index contributed by atoms with van der Waals surface area (Å²) >= 11 is 6.27. The number of non-ortho nitro benzene ring substituents is 1. The first-order valence-electron chi connectivity index (χ1n) is 5.59. The molecule has 0 aliphatic carbocycles. The molecule has 0 amide bonds. The first-order valence-corrected chi connectivity index (χ1v) is 7.17. The standard InChI is InChI=1S/C11H7Br2N5O4/c12-7-8(15-16-9(7)13)11(19)22-17-10(14)5-1-3-6(4-2-5)18(20)21/h1-4H,(H2,14,17)(H,15,16). The predicted octanol–water partition coefficient (Wildman–Crippen LogP) is 2.32. The number of nitro groups is 1. The Hall–Kier alpha value is -2.27. The second-order valence-corrected chi connectivity index (χ2v) is 5.45. The molecule has 11 heteroatoms. The third kappa shape index (κ3) is 3.49. The Morgan fingerprint density at radius 2 is 2.00 bits per heavy atom. The zero-order valence-corrected chi connectivity index (χ0v) is 13.8. The normalized spacial score (nSPS) is 11.3. The average Bonchev–Trinajstić information content (AvgIpc) is 2.84. The molecule has 9 nitrogen and oxygen atoms in total. The molecule has 0 spiro atoms. The van der Waals surface area contributed by atoms with Gasteiger partial charge in [0, 0.05) is 17.7 Å². The van der Waals surface area contributed by atoms with Crippen LogP contribution >= 0.6 is 31.9 Å². The summed E-state index contributed by atoms with van der Waals surface area (Å²) in [6.45, 7) is 0. The zero-order valence-electron chi connectivity index (χ0n) is 10.6. The molecule has 2 rings (SSSR count). The second-order valence-electron chi connectivity index (χ2n) is 3.86. The minimum atomic E-state index is -0.821. The number of aromatic amines is 1. The molecule has 0 saturated heterocycles. The Bertz CT molecular complexity index is 756. The Balaban J connectivity index is 2.10. The van der Waals surface area contributed by atoms with Gasteiger partial charge in [-0.25, -0.2) is 4.79 Å². The van der Waals surface area contributed by atoms with Crippen molar-refractivity contribution >= 4 is 49.4 Å². The van der Waals surface area contributed by atoms with Gasteiger partial charge in [-0.2, -0.15) is 5.10 Å². The molecule has 0 fully saturated rings. The van der Waals surface area contributed by atoms with E-state index in [0.717, 1.165) is 0 Å². The van der Waals surface area contributed by atoms with Gasteiger partial charge >= 0.3 is 5.97 Å². The summed E-state index contributed by atoms with van der Waals surface area (Å²) in [5.74, 6) is -0.923. The maximum atomic E-state index is 11.8. The summed E-state index contributed by atoms with van der Waals surface area (Å²) < 4.78 is 0.869. The van der Waals surface area contributed by atoms with Gasteiger partial charge in [0.1, 0.15) is 4.60 Å². The highest BCUT2D eigenvalue weighted by molar-refractivity contribution is 9.13. The van der Waals surface area contributed by atoms with Gasteiger partial charge < -0.3 is 10.6 Å². The Labute approximate surface area is 139 Å². The number of H-pyrrole nitrogens is 1. The number of benzene rings is 1. The van der Waals surface area contributed by atoms with Crippen LogP contribution in [0.15, 0.2) is 38.5 Å². The average molecular weight is 433 g/mol. The number of aromatic nitrogens is 2. The van der Waals surface area contributed by atoms with Crippen LogP contribution < -0.4 is 5.73 Å². The van der Waals surface area contributed by atoms with Gasteiger partial charge in [0.05, 0.1) is 9.40 Å². The van der Waals surface area contributed by atoms with E-state index in [1.807, 2.05) is 0 Å². The number of rotatable bonds is 4. The van der Waals surface area contributed by atoms with Crippen LogP contribution in [0.2, 0.25) is 0 Å². The lowest BCUT2D eigenvalue weighted by Crippen LogP contribution is -2.15. The van der Waals surface area contributed by atoms with Gasteiger partial charge in [0.25, 0.3) is 5.69 Å². The molecular formula is C11H7Br2N5O4. The molecule has 0 atom stereocenters. The molecule has 2 aromatic rings. The summed E-state index contributed by atoms with van der Waals surface area (Å²) in [6, 6.07) is 5.32. The maximum absolute atomic E-state index is 11.8. The summed E-state index contributed by atoms with van der Waals surface area (Å²) in [6.07, 6.45) is 0. The summed E-state index contributed by atoms with van der Waals surface area (Å²) in [5.41, 5.74) is 5.93. The largest absolute Gasteiger partial charge is 0.387 e. The Morgan fingerprint density at radius 1 is 1.36 bits per heavy atom. The molecule has 3 N–H and O–H groups in total. The number of amidine groups is 1. The molecular weight excluding hydrogens is 426 g/mol. The van der Waals surface area contributed by atoms with Gasteiger partial charge in [0.15, 0.2) is 11.5 Å². The van der Waals surface area contributed by atoms with Crippen molar-refractivity contribution in [3.63, 3.8) is 0 Å². The van der Waals surface area contributed by atoms with Gasteiger partial charge in [-0.1, -0.05) is 5.16 Å². The van der Waals surface area contributed by atoms with E-state index in [1.165, 1.54) is 24.3 Å². The first kappa shape index (κ1) is 16.1. The number of nitrogens with zero attached hydrogens (tertiary/aromatic N) is 3. The number of oxime groups is 1. The van der Waals surface area contributed by atoms with Crippen LogP contribution in [-0.4, -0.2) is 26.9 Å². The van der Waals surface area contributed by atoms with Crippen LogP contribution in [0.5, 0.6) is 0 Å². The summed E-state index contributed by atoms with van der Waals surface area (Å²) in [7, 11) is 0. The number of hydrogen-bond acceptors (Lipinski definition) is 6. The molecule has 0 aliphatic heterocycles. The van der Waals surface area contributed by atoms with Crippen LogP contribution in [0.25, 0.3) is 0 Å². The molecule has 22 heavy (non-hydrogen) atoms. The van der Waals surface area contributed by atoms with Crippen molar-refractivity contribution in [3.05, 3.63) is 54.7 Å². The number of carbonyl (C=O) groups is 1. The SMILES string of the molecule is N/C(=N\OC(=O)c1n[nH]c(Br)c1Br)c1ccc([N+](=O)[O-])cc1. The minimum Gasteiger partial charge on any atom is -0.380 e. The Morgan fingerprint density at radius 3 is 2.50 bits per heavy atom. The van der Waals surface area contributed by atoms with E-state index in [1.54, 1.807) is 0 Å². The highest BCUT2D eigenvalue weighted by Gasteiger charge is 2.18. The van der Waals surface area contributed by atoms with Crippen LogP contribution in [0.4, 0.5) is 5.69 Å². The van der Waals surface area contributed by atoms with E-state index >= 15 is 0 Å². The highest BCUT2D eigenvalue weighted by Crippen LogP contribution is 2.24. The number of carbonyl (C=O) groups excluding carboxylic acids is 1. The van der Waals surface area contributed by atoms with E-state index in [2.05, 4.69) is 52.1 Å². The monoisotopic (exact) mass is 431 g/mol. The number of hydrogen-bond donors (Lipinski definition) is 2. The van der Waals surface area contributed by atoms with Crippen molar-refractivity contribution in [3.8, 4) is 0 Å². The van der Waals surface area contributed by atoms with Gasteiger partial charge in [-0.15, -0.1) is 0 Å². The van der Waals surface area contributed by atoms with E-state index in [4.69, 9.17) is 5.73 Å². The molecule has 0 bridgehead atoms. The van der Waals surface area contributed by atoms with E-state index in [9.17, 15) is 14.9 Å². The summed E-state index contributed by atoms with van der Waals surface area (Å²) in [4.78, 5) is 26.4. The molecule has 1 aromatic heterocycles. The fourth-order valence-corrected chi connectivity index (χ4v) is 2.00. The topological polar surface area (TPSA) is 137 Å². The van der Waals surface area contributed by atoms with Crippen molar-refractivity contribution in [2.45, 2.75) is 0 Å². The number of nitro benzene ring substituents is 1. The molecule has 0 aliphatic rings. The fraction of sp³-hybridized carbons (Fsp3) is 0. The number of halogens is 2. The van der Waals surface area contributed by atoms with Gasteiger partial charge in [-0.3, -0.25) is 15.2 Å². The second kappa shape index (κ2) is 6.66. The lowest BCUT2D eigenvalue weighted by Gasteiger charge is -2.00. The first-order chi connectivity index (χ1) is 10.4. The van der Waals surface area contributed by atoms with Crippen molar-refractivity contribution in [2.75, 3.05) is 0 Å². The number of nitrogens with one attached hydrogen (secondary N) is 1. The zero-order chi connectivity index (χ0) is 16.3. The number of nitrogens with two attached hydrogens (primary N) is 1.